The third-order valence-corrected chi connectivity index (χ3v) is 2.31. The highest BCUT2D eigenvalue weighted by atomic mass is 19.1. The molecule has 0 aliphatic carbocycles. The summed E-state index contributed by atoms with van der Waals surface area (Å²) in [5.41, 5.74) is 4.54. The van der Waals surface area contributed by atoms with Crippen molar-refractivity contribution in [1.82, 2.24) is 4.90 Å². The molecule has 0 aromatic heterocycles. The third kappa shape index (κ3) is 2.81. The Balaban J connectivity index is 3.14. The molecule has 1 aromatic carbocycles. The number of nitrogens with two attached hydrogens (primary N) is 1. The summed E-state index contributed by atoms with van der Waals surface area (Å²) in [7, 11) is 0. The minimum atomic E-state index is -0.890. The van der Waals surface area contributed by atoms with E-state index in [2.05, 4.69) is 6.58 Å². The summed E-state index contributed by atoms with van der Waals surface area (Å²) in [6.07, 6.45) is 1.52. The molecule has 92 valence electrons. The van der Waals surface area contributed by atoms with Gasteiger partial charge in [0.2, 0.25) is 0 Å². The van der Waals surface area contributed by atoms with E-state index in [1.165, 1.54) is 11.0 Å². The van der Waals surface area contributed by atoms with Gasteiger partial charge in [0.25, 0.3) is 5.91 Å². The quantitative estimate of drug-likeness (QED) is 0.647. The van der Waals surface area contributed by atoms with Crippen LogP contribution in [0.3, 0.4) is 0 Å². The minimum absolute atomic E-state index is 0.269. The number of nitrogens with zero attached hydrogens (tertiary/aromatic N) is 1. The lowest BCUT2D eigenvalue weighted by Crippen LogP contribution is -2.31. The van der Waals surface area contributed by atoms with Crippen molar-refractivity contribution in [3.63, 3.8) is 0 Å². The molecule has 1 aromatic rings. The number of carbonyl (C=O) groups excluding carboxylic acids is 1. The van der Waals surface area contributed by atoms with Crippen LogP contribution in [0.25, 0.3) is 0 Å². The molecule has 2 N–H and O–H groups in total. The molecule has 0 aliphatic rings. The van der Waals surface area contributed by atoms with Crippen molar-refractivity contribution < 1.29 is 13.6 Å². The molecule has 1 amide bonds. The van der Waals surface area contributed by atoms with Crippen LogP contribution in [0.15, 0.2) is 24.8 Å². The Morgan fingerprint density at radius 3 is 2.71 bits per heavy atom. The number of amides is 1. The van der Waals surface area contributed by atoms with Crippen molar-refractivity contribution in [3.05, 3.63) is 42.0 Å². The summed E-state index contributed by atoms with van der Waals surface area (Å²) in [4.78, 5) is 13.2. The first-order chi connectivity index (χ1) is 8.01. The van der Waals surface area contributed by atoms with Crippen LogP contribution in [0.2, 0.25) is 0 Å². The minimum Gasteiger partial charge on any atom is -0.396 e. The summed E-state index contributed by atoms with van der Waals surface area (Å²) in [5.74, 6) is -2.23. The first-order valence-electron chi connectivity index (χ1n) is 5.16. The van der Waals surface area contributed by atoms with Crippen LogP contribution in [-0.2, 0) is 0 Å². The topological polar surface area (TPSA) is 46.3 Å². The summed E-state index contributed by atoms with van der Waals surface area (Å²) in [5, 5.41) is 0. The molecule has 0 bridgehead atoms. The first kappa shape index (κ1) is 13.2. The Morgan fingerprint density at radius 1 is 1.53 bits per heavy atom. The van der Waals surface area contributed by atoms with Crippen LogP contribution < -0.4 is 5.73 Å². The van der Waals surface area contributed by atoms with Gasteiger partial charge in [-0.1, -0.05) is 6.08 Å². The Morgan fingerprint density at radius 2 is 2.18 bits per heavy atom. The smallest absolute Gasteiger partial charge is 0.257 e. The van der Waals surface area contributed by atoms with Crippen molar-refractivity contribution in [1.29, 1.82) is 0 Å². The van der Waals surface area contributed by atoms with Crippen molar-refractivity contribution in [2.75, 3.05) is 18.8 Å². The SMILES string of the molecule is C=CCN(CC)C(=O)c1cc(F)cc(N)c1F. The number of rotatable bonds is 4. The van der Waals surface area contributed by atoms with Crippen molar-refractivity contribution in [3.8, 4) is 0 Å². The molecule has 0 heterocycles. The van der Waals surface area contributed by atoms with Crippen LogP contribution in [0.1, 0.15) is 17.3 Å². The van der Waals surface area contributed by atoms with Gasteiger partial charge in [-0.3, -0.25) is 4.79 Å². The number of hydrogen-bond acceptors (Lipinski definition) is 2. The highest BCUT2D eigenvalue weighted by Crippen LogP contribution is 2.19. The third-order valence-electron chi connectivity index (χ3n) is 2.31. The van der Waals surface area contributed by atoms with Gasteiger partial charge in [0, 0.05) is 13.1 Å². The van der Waals surface area contributed by atoms with E-state index >= 15 is 0 Å². The lowest BCUT2D eigenvalue weighted by Gasteiger charge is -2.19. The van der Waals surface area contributed by atoms with Gasteiger partial charge < -0.3 is 10.6 Å². The van der Waals surface area contributed by atoms with Gasteiger partial charge in [-0.15, -0.1) is 6.58 Å². The van der Waals surface area contributed by atoms with Crippen molar-refractivity contribution in [2.24, 2.45) is 0 Å². The van der Waals surface area contributed by atoms with E-state index in [1.807, 2.05) is 0 Å². The van der Waals surface area contributed by atoms with Gasteiger partial charge in [-0.2, -0.15) is 0 Å². The maximum absolute atomic E-state index is 13.6. The second-order valence-electron chi connectivity index (χ2n) is 3.49. The van der Waals surface area contributed by atoms with Crippen LogP contribution in [0, 0.1) is 11.6 Å². The van der Waals surface area contributed by atoms with E-state index in [0.717, 1.165) is 12.1 Å². The molecule has 0 spiro atoms. The predicted octanol–water partition coefficient (Wildman–Crippen LogP) is 2.20. The second-order valence-corrected chi connectivity index (χ2v) is 3.49. The molecule has 0 saturated carbocycles. The molecule has 0 saturated heterocycles. The number of likely N-dealkylation sites (N-methyl/N-ethyl adjacent to an activating group) is 1. The zero-order chi connectivity index (χ0) is 13.0. The average Bonchev–Trinajstić information content (AvgIpc) is 2.29. The number of halogens is 2. The Labute approximate surface area is 98.5 Å². The van der Waals surface area contributed by atoms with Gasteiger partial charge >= 0.3 is 0 Å². The summed E-state index contributed by atoms with van der Waals surface area (Å²) in [6.45, 7) is 5.88. The lowest BCUT2D eigenvalue weighted by atomic mass is 10.1. The van der Waals surface area contributed by atoms with E-state index in [0.29, 0.717) is 6.54 Å². The maximum Gasteiger partial charge on any atom is 0.257 e. The number of anilines is 1. The summed E-state index contributed by atoms with van der Waals surface area (Å²) < 4.78 is 26.7. The van der Waals surface area contributed by atoms with Crippen LogP contribution in [0.4, 0.5) is 14.5 Å². The molecule has 0 radical (unpaired) electrons. The number of nitrogen functional groups attached to an aromatic ring is 1. The van der Waals surface area contributed by atoms with Crippen LogP contribution >= 0.6 is 0 Å². The maximum atomic E-state index is 13.6. The Bertz CT molecular complexity index is 446. The Hall–Kier alpha value is -1.91. The normalized spacial score (nSPS) is 10.1. The molecule has 0 atom stereocenters. The van der Waals surface area contributed by atoms with Gasteiger partial charge in [-0.25, -0.2) is 8.78 Å². The van der Waals surface area contributed by atoms with E-state index in [4.69, 9.17) is 5.73 Å². The number of hydrogen-bond donors (Lipinski definition) is 1. The van der Waals surface area contributed by atoms with Gasteiger partial charge in [0.1, 0.15) is 5.82 Å². The van der Waals surface area contributed by atoms with Crippen LogP contribution in [0.5, 0.6) is 0 Å². The van der Waals surface area contributed by atoms with Crippen LogP contribution in [-0.4, -0.2) is 23.9 Å². The fourth-order valence-electron chi connectivity index (χ4n) is 1.45. The van der Waals surface area contributed by atoms with E-state index in [-0.39, 0.29) is 17.8 Å². The largest absolute Gasteiger partial charge is 0.396 e. The highest BCUT2D eigenvalue weighted by Gasteiger charge is 2.20. The van der Waals surface area contributed by atoms with Gasteiger partial charge in [0.15, 0.2) is 5.82 Å². The lowest BCUT2D eigenvalue weighted by molar-refractivity contribution is 0.0777. The van der Waals surface area contributed by atoms with E-state index < -0.39 is 17.5 Å². The number of carbonyl (C=O) groups is 1. The fraction of sp³-hybridized carbons (Fsp3) is 0.250. The Kier molecular flexibility index (Phi) is 4.20. The fourth-order valence-corrected chi connectivity index (χ4v) is 1.45. The molecular weight excluding hydrogens is 226 g/mol. The molecule has 0 aliphatic heterocycles. The van der Waals surface area contributed by atoms with E-state index in [9.17, 15) is 13.6 Å². The van der Waals surface area contributed by atoms with Gasteiger partial charge in [-0.05, 0) is 19.1 Å². The molecule has 0 unspecified atom stereocenters. The van der Waals surface area contributed by atoms with Crippen molar-refractivity contribution >= 4 is 11.6 Å². The molecule has 0 fully saturated rings. The summed E-state index contributed by atoms with van der Waals surface area (Å²) in [6, 6.07) is 1.69. The zero-order valence-corrected chi connectivity index (χ0v) is 9.54. The standard InChI is InChI=1S/C12H14F2N2O/c1-3-5-16(4-2)12(17)9-6-8(13)7-10(15)11(9)14/h3,6-7H,1,4-5,15H2,2H3. The highest BCUT2D eigenvalue weighted by molar-refractivity contribution is 5.95. The molecule has 5 heteroatoms. The first-order valence-corrected chi connectivity index (χ1v) is 5.16. The van der Waals surface area contributed by atoms with Gasteiger partial charge in [0.05, 0.1) is 11.3 Å². The van der Waals surface area contributed by atoms with E-state index in [1.54, 1.807) is 6.92 Å². The molecule has 17 heavy (non-hydrogen) atoms. The number of benzene rings is 1. The summed E-state index contributed by atoms with van der Waals surface area (Å²) >= 11 is 0. The monoisotopic (exact) mass is 240 g/mol. The van der Waals surface area contributed by atoms with Crippen molar-refractivity contribution in [2.45, 2.75) is 6.92 Å². The molecular formula is C12H14F2N2O. The predicted molar refractivity (Wildman–Crippen MR) is 62.5 cm³/mol. The zero-order valence-electron chi connectivity index (χ0n) is 9.54. The molecule has 3 nitrogen and oxygen atoms in total. The molecule has 1 rings (SSSR count). The average molecular weight is 240 g/mol. The second kappa shape index (κ2) is 5.43.